The van der Waals surface area contributed by atoms with Crippen LogP contribution in [0.5, 0.6) is 5.75 Å². The molecule has 1 aromatic carbocycles. The number of rotatable bonds is 1. The summed E-state index contributed by atoms with van der Waals surface area (Å²) in [5.41, 5.74) is 1.28. The van der Waals surface area contributed by atoms with Gasteiger partial charge in [0.1, 0.15) is 0 Å². The Hall–Kier alpha value is -0.645. The van der Waals surface area contributed by atoms with Gasteiger partial charge in [0.15, 0.2) is 0 Å². The topological polar surface area (TPSA) is 52.4 Å². The van der Waals surface area contributed by atoms with Crippen LogP contribution in [-0.4, -0.2) is 4.92 Å². The predicted octanol–water partition coefficient (Wildman–Crippen LogP) is 1.48. The maximum atomic E-state index is 10.4. The van der Waals surface area contributed by atoms with E-state index in [2.05, 4.69) is 0 Å². The summed E-state index contributed by atoms with van der Waals surface area (Å²) in [5.74, 6) is 0.755. The number of hydrogen-bond acceptors (Lipinski definition) is 3. The minimum atomic E-state index is -1.14. The van der Waals surface area contributed by atoms with Crippen LogP contribution in [-0.2, 0) is 29.0 Å². The van der Waals surface area contributed by atoms with Gasteiger partial charge in [-0.15, -0.1) is 0 Å². The number of nitrogens with zero attached hydrogens (tertiary/aromatic N) is 1. The number of fused-ring (bicyclic) bond motifs is 1. The molecule has 0 amide bonds. The summed E-state index contributed by atoms with van der Waals surface area (Å²) in [6.45, 7) is 0. The van der Waals surface area contributed by atoms with Crippen LogP contribution in [0.3, 0.4) is 0 Å². The molecule has 0 radical (unpaired) electrons. The Balaban J connectivity index is 2.45. The zero-order chi connectivity index (χ0) is 8.55. The van der Waals surface area contributed by atoms with Crippen molar-refractivity contribution in [3.63, 3.8) is 0 Å². The fourth-order valence-electron chi connectivity index (χ4n) is 1.27. The molecule has 0 aromatic heterocycles. The van der Waals surface area contributed by atoms with Crippen molar-refractivity contribution in [3.8, 4) is 5.75 Å². The summed E-state index contributed by atoms with van der Waals surface area (Å²) in [6, 6.07) is 4.88. The fraction of sp³-hybridized carbons (Fsp3) is 0.143. The summed E-state index contributed by atoms with van der Waals surface area (Å²) in [5, 5.41) is 10.4. The average molecular weight is 352 g/mol. The molecule has 0 aliphatic carbocycles. The Morgan fingerprint density at radius 2 is 2.42 bits per heavy atom. The van der Waals surface area contributed by atoms with Gasteiger partial charge >= 0.3 is 81.8 Å². The van der Waals surface area contributed by atoms with Crippen molar-refractivity contribution in [3.05, 3.63) is 33.9 Å². The number of hydrogen-bond donors (Lipinski definition) is 0. The first-order chi connectivity index (χ1) is 5.77. The molecule has 0 bridgehead atoms. The van der Waals surface area contributed by atoms with E-state index in [0.717, 1.165) is 15.2 Å². The molecule has 0 N–H and O–H groups in total. The second-order valence-corrected chi connectivity index (χ2v) is 7.30. The van der Waals surface area contributed by atoms with E-state index >= 15 is 0 Å². The average Bonchev–Trinajstić information content (AvgIpc) is 2.49. The molecule has 0 unspecified atom stereocenters. The molecule has 12 heavy (non-hydrogen) atoms. The van der Waals surface area contributed by atoms with Crippen molar-refractivity contribution >= 4 is 5.69 Å². The number of non-ortho nitro benzene ring substituents is 1. The van der Waals surface area contributed by atoms with Crippen LogP contribution < -0.4 is 2.64 Å². The van der Waals surface area contributed by atoms with E-state index in [4.69, 9.17) is 2.64 Å². The van der Waals surface area contributed by atoms with Crippen LogP contribution in [0, 0.1) is 10.1 Å². The van der Waals surface area contributed by atoms with Gasteiger partial charge in [-0.2, -0.15) is 0 Å². The molecule has 1 aliphatic rings. The molecule has 1 aliphatic heterocycles. The second-order valence-electron chi connectivity index (χ2n) is 2.65. The Morgan fingerprint density at radius 3 is 3.17 bits per heavy atom. The SMILES string of the molecule is O=[N+]([O-])c1ccc2c(c1)[O][Hg][CH2]2. The zero-order valence-electron chi connectivity index (χ0n) is 6.32. The molecule has 1 aromatic rings. The van der Waals surface area contributed by atoms with E-state index in [0.29, 0.717) is 0 Å². The van der Waals surface area contributed by atoms with Gasteiger partial charge in [-0.25, -0.2) is 0 Å². The summed E-state index contributed by atoms with van der Waals surface area (Å²) in [6.07, 6.45) is 0. The Kier molecular flexibility index (Phi) is 2.00. The summed E-state index contributed by atoms with van der Waals surface area (Å²) >= 11 is -1.14. The molecule has 0 spiro atoms. The molecule has 0 saturated carbocycles. The molecule has 1 heterocycles. The van der Waals surface area contributed by atoms with E-state index in [1.54, 1.807) is 12.1 Å². The van der Waals surface area contributed by atoms with Gasteiger partial charge in [0, 0.05) is 0 Å². The molecule has 5 heteroatoms. The van der Waals surface area contributed by atoms with E-state index in [9.17, 15) is 10.1 Å². The quantitative estimate of drug-likeness (QED) is 0.437. The third kappa shape index (κ3) is 1.31. The van der Waals surface area contributed by atoms with Crippen molar-refractivity contribution in [1.29, 1.82) is 0 Å². The van der Waals surface area contributed by atoms with Gasteiger partial charge in [0.05, 0.1) is 0 Å². The van der Waals surface area contributed by atoms with E-state index in [1.165, 1.54) is 6.07 Å². The number of nitro groups is 1. The Labute approximate surface area is 81.8 Å². The van der Waals surface area contributed by atoms with E-state index in [-0.39, 0.29) is 5.69 Å². The first-order valence-corrected chi connectivity index (χ1v) is 9.81. The minimum absolute atomic E-state index is 0.129. The third-order valence-corrected chi connectivity index (χ3v) is 6.78. The van der Waals surface area contributed by atoms with Gasteiger partial charge in [-0.1, -0.05) is 0 Å². The molecule has 0 fully saturated rings. The van der Waals surface area contributed by atoms with Crippen molar-refractivity contribution in [2.24, 2.45) is 0 Å². The predicted molar refractivity (Wildman–Crippen MR) is 37.4 cm³/mol. The summed E-state index contributed by atoms with van der Waals surface area (Å²) < 4.78 is 6.48. The van der Waals surface area contributed by atoms with Crippen molar-refractivity contribution < 1.29 is 32.6 Å². The van der Waals surface area contributed by atoms with Gasteiger partial charge < -0.3 is 0 Å². The van der Waals surface area contributed by atoms with Gasteiger partial charge in [0.25, 0.3) is 0 Å². The molecule has 58 valence electrons. The number of benzene rings is 1. The van der Waals surface area contributed by atoms with Crippen molar-refractivity contribution in [2.75, 3.05) is 0 Å². The van der Waals surface area contributed by atoms with Crippen molar-refractivity contribution in [1.82, 2.24) is 0 Å². The molecule has 2 rings (SSSR count). The normalized spacial score (nSPS) is 12.3. The molecular weight excluding hydrogens is 347 g/mol. The van der Waals surface area contributed by atoms with Gasteiger partial charge in [-0.05, 0) is 0 Å². The van der Waals surface area contributed by atoms with Crippen LogP contribution in [0.15, 0.2) is 18.2 Å². The van der Waals surface area contributed by atoms with Gasteiger partial charge in [0.2, 0.25) is 0 Å². The monoisotopic (exact) mass is 353 g/mol. The fourth-order valence-corrected chi connectivity index (χ4v) is 6.03. The number of nitro benzene ring substituents is 1. The zero-order valence-corrected chi connectivity index (χ0v) is 11.8. The van der Waals surface area contributed by atoms with Crippen LogP contribution in [0.25, 0.3) is 0 Å². The van der Waals surface area contributed by atoms with Crippen LogP contribution in [0.1, 0.15) is 5.56 Å². The second kappa shape index (κ2) is 3.01. The van der Waals surface area contributed by atoms with Crippen LogP contribution in [0.2, 0.25) is 0 Å². The Bertz CT molecular complexity index is 339. The van der Waals surface area contributed by atoms with Gasteiger partial charge in [-0.3, -0.25) is 0 Å². The third-order valence-electron chi connectivity index (χ3n) is 1.89. The standard InChI is InChI=1S/C7H6NO3.Hg/c1-5-2-3-6(8(10)11)4-7(5)9;/h2-4,9H,1H2;/q;+1/p-1. The van der Waals surface area contributed by atoms with Crippen LogP contribution in [0.4, 0.5) is 5.69 Å². The molecule has 4 nitrogen and oxygen atoms in total. The first kappa shape index (κ1) is 7.98. The Morgan fingerprint density at radius 1 is 1.58 bits per heavy atom. The van der Waals surface area contributed by atoms with E-state index in [1.807, 2.05) is 0 Å². The first-order valence-electron chi connectivity index (χ1n) is 3.67. The maximum absolute atomic E-state index is 10.4. The summed E-state index contributed by atoms with van der Waals surface area (Å²) in [7, 11) is 0. The van der Waals surface area contributed by atoms with Crippen molar-refractivity contribution in [2.45, 2.75) is 3.93 Å². The molecule has 0 saturated heterocycles. The van der Waals surface area contributed by atoms with E-state index < -0.39 is 30.0 Å². The molecular formula is C7H5HgNO3. The molecule has 0 atom stereocenters. The summed E-state index contributed by atoms with van der Waals surface area (Å²) in [4.78, 5) is 9.98. The van der Waals surface area contributed by atoms with Crippen LogP contribution >= 0.6 is 0 Å².